The molecule has 2 aromatic rings. The lowest BCUT2D eigenvalue weighted by Crippen LogP contribution is -2.13. The van der Waals surface area contributed by atoms with E-state index in [0.717, 1.165) is 5.56 Å². The average Bonchev–Trinajstić information content (AvgIpc) is 2.84. The van der Waals surface area contributed by atoms with E-state index in [0.29, 0.717) is 10.7 Å². The highest BCUT2D eigenvalue weighted by Gasteiger charge is 2.09. The largest absolute Gasteiger partial charge is 0.357 e. The highest BCUT2D eigenvalue weighted by atomic mass is 35.5. The summed E-state index contributed by atoms with van der Waals surface area (Å²) in [6, 6.07) is 10.4. The molecule has 0 atom stereocenters. The Morgan fingerprint density at radius 2 is 2.05 bits per heavy atom. The van der Waals surface area contributed by atoms with Gasteiger partial charge < -0.3 is 9.88 Å². The average molecular weight is 286 g/mol. The number of nitrogens with zero attached hydrogens (tertiary/aromatic N) is 2. The van der Waals surface area contributed by atoms with E-state index in [9.17, 15) is 4.79 Å². The van der Waals surface area contributed by atoms with E-state index in [-0.39, 0.29) is 5.57 Å². The first-order chi connectivity index (χ1) is 9.58. The number of hydrogen-bond donors (Lipinski definition) is 1. The van der Waals surface area contributed by atoms with Crippen molar-refractivity contribution in [2.24, 2.45) is 7.05 Å². The van der Waals surface area contributed by atoms with Crippen LogP contribution >= 0.6 is 11.6 Å². The maximum Gasteiger partial charge on any atom is 0.266 e. The normalized spacial score (nSPS) is 10.9. The molecule has 0 saturated heterocycles. The number of anilines is 1. The van der Waals surface area contributed by atoms with Crippen molar-refractivity contribution in [2.45, 2.75) is 0 Å². The molecular weight excluding hydrogens is 274 g/mol. The molecule has 0 radical (unpaired) electrons. The number of carbonyl (C=O) groups is 1. The van der Waals surface area contributed by atoms with Crippen LogP contribution in [0.3, 0.4) is 0 Å². The van der Waals surface area contributed by atoms with E-state index in [1.165, 1.54) is 0 Å². The van der Waals surface area contributed by atoms with Gasteiger partial charge in [-0.2, -0.15) is 5.26 Å². The van der Waals surface area contributed by atoms with E-state index < -0.39 is 5.91 Å². The van der Waals surface area contributed by atoms with Gasteiger partial charge in [0.25, 0.3) is 5.91 Å². The summed E-state index contributed by atoms with van der Waals surface area (Å²) in [5, 5.41) is 12.3. The fourth-order valence-corrected chi connectivity index (χ4v) is 1.78. The zero-order valence-corrected chi connectivity index (χ0v) is 11.6. The molecule has 1 aromatic heterocycles. The van der Waals surface area contributed by atoms with E-state index in [1.54, 1.807) is 30.3 Å². The predicted molar refractivity (Wildman–Crippen MR) is 79.1 cm³/mol. The van der Waals surface area contributed by atoms with Gasteiger partial charge in [-0.1, -0.05) is 11.6 Å². The Labute approximate surface area is 121 Å². The van der Waals surface area contributed by atoms with Crippen LogP contribution in [0, 0.1) is 11.3 Å². The number of carbonyl (C=O) groups excluding carboxylic acids is 1. The van der Waals surface area contributed by atoms with Crippen LogP contribution in [-0.4, -0.2) is 10.5 Å². The van der Waals surface area contributed by atoms with Gasteiger partial charge in [0.2, 0.25) is 0 Å². The summed E-state index contributed by atoms with van der Waals surface area (Å²) in [6.45, 7) is 0. The van der Waals surface area contributed by atoms with Crippen LogP contribution < -0.4 is 5.32 Å². The number of benzene rings is 1. The minimum atomic E-state index is -0.446. The van der Waals surface area contributed by atoms with Crippen LogP contribution in [-0.2, 0) is 11.8 Å². The Kier molecular flexibility index (Phi) is 4.24. The highest BCUT2D eigenvalue weighted by molar-refractivity contribution is 6.30. The smallest absolute Gasteiger partial charge is 0.266 e. The number of nitriles is 1. The molecule has 20 heavy (non-hydrogen) atoms. The number of amides is 1. The molecule has 100 valence electrons. The number of aromatic nitrogens is 1. The molecule has 0 aliphatic heterocycles. The second-order valence-electron chi connectivity index (χ2n) is 4.24. The summed E-state index contributed by atoms with van der Waals surface area (Å²) < 4.78 is 1.85. The van der Waals surface area contributed by atoms with Gasteiger partial charge in [-0.15, -0.1) is 0 Å². The molecule has 0 unspecified atom stereocenters. The molecule has 0 fully saturated rings. The molecule has 0 aliphatic rings. The Morgan fingerprint density at radius 3 is 2.60 bits per heavy atom. The molecule has 2 rings (SSSR count). The Bertz CT molecular complexity index is 693. The highest BCUT2D eigenvalue weighted by Crippen LogP contribution is 2.15. The molecule has 5 heteroatoms. The molecular formula is C15H12ClN3O. The van der Waals surface area contributed by atoms with Gasteiger partial charge in [-0.3, -0.25) is 4.79 Å². The van der Waals surface area contributed by atoms with E-state index >= 15 is 0 Å². The predicted octanol–water partition coefficient (Wildman–Crippen LogP) is 3.22. The van der Waals surface area contributed by atoms with Gasteiger partial charge in [-0.25, -0.2) is 0 Å². The summed E-state index contributed by atoms with van der Waals surface area (Å²) in [4.78, 5) is 12.0. The molecule has 1 heterocycles. The number of aryl methyl sites for hydroxylation is 1. The van der Waals surface area contributed by atoms with Gasteiger partial charge in [0.15, 0.2) is 0 Å². The van der Waals surface area contributed by atoms with Crippen molar-refractivity contribution in [3.63, 3.8) is 0 Å². The number of halogens is 1. The first-order valence-electron chi connectivity index (χ1n) is 5.89. The summed E-state index contributed by atoms with van der Waals surface area (Å²) >= 11 is 5.77. The van der Waals surface area contributed by atoms with Crippen LogP contribution in [0.25, 0.3) is 6.08 Å². The summed E-state index contributed by atoms with van der Waals surface area (Å²) in [5.74, 6) is -0.446. The summed E-state index contributed by atoms with van der Waals surface area (Å²) in [5.41, 5.74) is 1.44. The number of rotatable bonds is 3. The standard InChI is InChI=1S/C15H12ClN3O/c1-19-7-6-11(10-19)8-12(9-17)15(20)18-14-4-2-13(16)3-5-14/h2-8,10H,1H3,(H,18,20)/b12-8+. The molecule has 1 N–H and O–H groups in total. The van der Waals surface area contributed by atoms with Crippen molar-refractivity contribution in [1.29, 1.82) is 5.26 Å². The third-order valence-corrected chi connectivity index (χ3v) is 2.88. The van der Waals surface area contributed by atoms with Crippen LogP contribution in [0.15, 0.2) is 48.3 Å². The SMILES string of the molecule is Cn1ccc(/C=C(\C#N)C(=O)Nc2ccc(Cl)cc2)c1. The lowest BCUT2D eigenvalue weighted by atomic mass is 10.2. The van der Waals surface area contributed by atoms with Crippen LogP contribution in [0.4, 0.5) is 5.69 Å². The Balaban J connectivity index is 2.16. The minimum Gasteiger partial charge on any atom is -0.357 e. The van der Waals surface area contributed by atoms with Gasteiger partial charge in [-0.05, 0) is 42.0 Å². The van der Waals surface area contributed by atoms with Crippen LogP contribution in [0.1, 0.15) is 5.56 Å². The molecule has 0 aliphatic carbocycles. The fourth-order valence-electron chi connectivity index (χ4n) is 1.66. The minimum absolute atomic E-state index is 0.0474. The fraction of sp³-hybridized carbons (Fsp3) is 0.0667. The number of nitrogens with one attached hydrogen (secondary N) is 1. The van der Waals surface area contributed by atoms with Crippen molar-refractivity contribution in [3.05, 3.63) is 58.9 Å². The van der Waals surface area contributed by atoms with E-state index in [2.05, 4.69) is 5.32 Å². The lowest BCUT2D eigenvalue weighted by Gasteiger charge is -2.03. The van der Waals surface area contributed by atoms with Gasteiger partial charge in [0, 0.05) is 30.2 Å². The van der Waals surface area contributed by atoms with Crippen molar-refractivity contribution >= 4 is 29.3 Å². The van der Waals surface area contributed by atoms with Gasteiger partial charge in [0.05, 0.1) is 0 Å². The van der Waals surface area contributed by atoms with Crippen LogP contribution in [0.5, 0.6) is 0 Å². The second kappa shape index (κ2) is 6.09. The van der Waals surface area contributed by atoms with Gasteiger partial charge >= 0.3 is 0 Å². The molecule has 1 aromatic carbocycles. The Morgan fingerprint density at radius 1 is 1.35 bits per heavy atom. The second-order valence-corrected chi connectivity index (χ2v) is 4.68. The third-order valence-electron chi connectivity index (χ3n) is 2.63. The van der Waals surface area contributed by atoms with Crippen LogP contribution in [0.2, 0.25) is 5.02 Å². The maximum atomic E-state index is 12.0. The molecule has 1 amide bonds. The van der Waals surface area contributed by atoms with Crippen molar-refractivity contribution < 1.29 is 4.79 Å². The molecule has 0 saturated carbocycles. The quantitative estimate of drug-likeness (QED) is 0.695. The van der Waals surface area contributed by atoms with Crippen molar-refractivity contribution in [3.8, 4) is 6.07 Å². The molecule has 4 nitrogen and oxygen atoms in total. The Hall–Kier alpha value is -2.51. The monoisotopic (exact) mass is 285 g/mol. The van der Waals surface area contributed by atoms with E-state index in [1.807, 2.05) is 36.1 Å². The first-order valence-corrected chi connectivity index (χ1v) is 6.27. The lowest BCUT2D eigenvalue weighted by molar-refractivity contribution is -0.112. The summed E-state index contributed by atoms with van der Waals surface area (Å²) in [6.07, 6.45) is 5.22. The third kappa shape index (κ3) is 3.50. The molecule has 0 spiro atoms. The first kappa shape index (κ1) is 13.9. The summed E-state index contributed by atoms with van der Waals surface area (Å²) in [7, 11) is 1.87. The topological polar surface area (TPSA) is 57.8 Å². The zero-order valence-electron chi connectivity index (χ0n) is 10.8. The van der Waals surface area contributed by atoms with E-state index in [4.69, 9.17) is 16.9 Å². The van der Waals surface area contributed by atoms with Gasteiger partial charge in [0.1, 0.15) is 11.6 Å². The molecule has 0 bridgehead atoms. The maximum absolute atomic E-state index is 12.0. The van der Waals surface area contributed by atoms with Crippen molar-refractivity contribution in [1.82, 2.24) is 4.57 Å². The zero-order chi connectivity index (χ0) is 14.5. The van der Waals surface area contributed by atoms with Crippen molar-refractivity contribution in [2.75, 3.05) is 5.32 Å². The number of hydrogen-bond acceptors (Lipinski definition) is 2.